The van der Waals surface area contributed by atoms with Crippen molar-refractivity contribution < 1.29 is 14.2 Å². The van der Waals surface area contributed by atoms with Crippen LogP contribution in [0.25, 0.3) is 0 Å². The molecule has 0 saturated carbocycles. The Balaban J connectivity index is 1.93. The molecule has 18 heavy (non-hydrogen) atoms. The average molecular weight is 267 g/mol. The molecule has 94 valence electrons. The minimum atomic E-state index is -0.790. The summed E-state index contributed by atoms with van der Waals surface area (Å²) < 4.78 is 18.1. The molecule has 0 amide bonds. The van der Waals surface area contributed by atoms with E-state index in [0.29, 0.717) is 16.3 Å². The van der Waals surface area contributed by atoms with Gasteiger partial charge < -0.3 is 9.84 Å². The van der Waals surface area contributed by atoms with Crippen molar-refractivity contribution in [2.75, 3.05) is 6.61 Å². The first-order valence-corrected chi connectivity index (χ1v) is 5.85. The van der Waals surface area contributed by atoms with Gasteiger partial charge in [0.05, 0.1) is 0 Å². The van der Waals surface area contributed by atoms with Crippen molar-refractivity contribution in [1.29, 1.82) is 0 Å². The molecule has 2 rings (SSSR count). The van der Waals surface area contributed by atoms with E-state index in [0.717, 1.165) is 0 Å². The van der Waals surface area contributed by atoms with Gasteiger partial charge in [-0.25, -0.2) is 4.39 Å². The molecule has 0 bridgehead atoms. The van der Waals surface area contributed by atoms with E-state index >= 15 is 0 Å². The topological polar surface area (TPSA) is 29.5 Å². The highest BCUT2D eigenvalue weighted by Gasteiger charge is 2.08. The molecule has 0 spiro atoms. The van der Waals surface area contributed by atoms with E-state index in [1.807, 2.05) is 0 Å². The number of halogens is 2. The van der Waals surface area contributed by atoms with Gasteiger partial charge in [0.1, 0.15) is 24.3 Å². The largest absolute Gasteiger partial charge is 0.491 e. The molecule has 0 aromatic heterocycles. The highest BCUT2D eigenvalue weighted by molar-refractivity contribution is 6.30. The third-order valence-electron chi connectivity index (χ3n) is 2.48. The fourth-order valence-electron chi connectivity index (χ4n) is 1.49. The van der Waals surface area contributed by atoms with Gasteiger partial charge in [0.2, 0.25) is 0 Å². The molecule has 2 nitrogen and oxygen atoms in total. The Bertz CT molecular complexity index is 496. The van der Waals surface area contributed by atoms with Crippen LogP contribution in [0.1, 0.15) is 11.7 Å². The van der Waals surface area contributed by atoms with Gasteiger partial charge in [0, 0.05) is 5.02 Å². The molecule has 1 unspecified atom stereocenters. The third-order valence-corrected chi connectivity index (χ3v) is 2.73. The molecule has 0 heterocycles. The highest BCUT2D eigenvalue weighted by atomic mass is 35.5. The summed E-state index contributed by atoms with van der Waals surface area (Å²) in [5.41, 5.74) is 0.616. The Hall–Kier alpha value is -1.58. The van der Waals surface area contributed by atoms with Crippen LogP contribution in [-0.2, 0) is 0 Å². The number of aliphatic hydroxyl groups excluding tert-OH is 1. The van der Waals surface area contributed by atoms with Crippen LogP contribution in [0.4, 0.5) is 4.39 Å². The minimum Gasteiger partial charge on any atom is -0.491 e. The monoisotopic (exact) mass is 266 g/mol. The lowest BCUT2D eigenvalue weighted by atomic mass is 10.1. The number of ether oxygens (including phenoxy) is 1. The molecule has 2 aromatic carbocycles. The van der Waals surface area contributed by atoms with Crippen LogP contribution >= 0.6 is 11.6 Å². The number of hydrogen-bond donors (Lipinski definition) is 1. The Labute approximate surface area is 110 Å². The summed E-state index contributed by atoms with van der Waals surface area (Å²) in [6, 6.07) is 12.5. The van der Waals surface area contributed by atoms with Crippen molar-refractivity contribution in [3.8, 4) is 5.75 Å². The van der Waals surface area contributed by atoms with Gasteiger partial charge in [-0.05, 0) is 42.0 Å². The quantitative estimate of drug-likeness (QED) is 0.916. The molecule has 0 aliphatic heterocycles. The second-order valence-electron chi connectivity index (χ2n) is 3.83. The molecule has 1 N–H and O–H groups in total. The van der Waals surface area contributed by atoms with E-state index in [4.69, 9.17) is 16.3 Å². The van der Waals surface area contributed by atoms with Crippen LogP contribution in [0, 0.1) is 5.82 Å². The maximum absolute atomic E-state index is 12.7. The summed E-state index contributed by atoms with van der Waals surface area (Å²) >= 11 is 5.74. The number of benzene rings is 2. The van der Waals surface area contributed by atoms with Crippen molar-refractivity contribution in [1.82, 2.24) is 0 Å². The fourth-order valence-corrected chi connectivity index (χ4v) is 1.61. The minimum absolute atomic E-state index is 0.104. The summed E-state index contributed by atoms with van der Waals surface area (Å²) in [5.74, 6) is 0.296. The van der Waals surface area contributed by atoms with Gasteiger partial charge in [0.25, 0.3) is 0 Å². The summed E-state index contributed by atoms with van der Waals surface area (Å²) in [5, 5.41) is 10.5. The van der Waals surface area contributed by atoms with Crippen molar-refractivity contribution in [3.05, 3.63) is 64.9 Å². The van der Waals surface area contributed by atoms with Gasteiger partial charge in [-0.15, -0.1) is 0 Å². The Morgan fingerprint density at radius 2 is 1.67 bits per heavy atom. The standard InChI is InChI=1S/C14H12ClFO2/c15-11-3-7-13(8-4-11)18-9-14(17)10-1-5-12(16)6-2-10/h1-8,14,17H,9H2. The normalized spacial score (nSPS) is 12.2. The Morgan fingerprint density at radius 1 is 1.06 bits per heavy atom. The molecule has 0 aliphatic rings. The lowest BCUT2D eigenvalue weighted by Crippen LogP contribution is -2.09. The van der Waals surface area contributed by atoms with Crippen molar-refractivity contribution in [2.45, 2.75) is 6.10 Å². The van der Waals surface area contributed by atoms with E-state index in [-0.39, 0.29) is 12.4 Å². The van der Waals surface area contributed by atoms with E-state index in [2.05, 4.69) is 0 Å². The first kappa shape index (κ1) is 12.9. The SMILES string of the molecule is OC(COc1ccc(Cl)cc1)c1ccc(F)cc1. The predicted octanol–water partition coefficient (Wildman–Crippen LogP) is 3.59. The van der Waals surface area contributed by atoms with Crippen LogP contribution in [0.15, 0.2) is 48.5 Å². The lowest BCUT2D eigenvalue weighted by molar-refractivity contribution is 0.108. The zero-order valence-corrected chi connectivity index (χ0v) is 10.3. The van der Waals surface area contributed by atoms with Crippen LogP contribution in [0.2, 0.25) is 5.02 Å². The molecule has 0 fully saturated rings. The van der Waals surface area contributed by atoms with Crippen molar-refractivity contribution in [2.24, 2.45) is 0 Å². The van der Waals surface area contributed by atoms with Gasteiger partial charge >= 0.3 is 0 Å². The summed E-state index contributed by atoms with van der Waals surface area (Å²) in [4.78, 5) is 0. The first-order chi connectivity index (χ1) is 8.65. The average Bonchev–Trinajstić information content (AvgIpc) is 2.38. The van der Waals surface area contributed by atoms with E-state index < -0.39 is 6.10 Å². The van der Waals surface area contributed by atoms with Crippen LogP contribution in [-0.4, -0.2) is 11.7 Å². The van der Waals surface area contributed by atoms with Gasteiger partial charge in [-0.1, -0.05) is 23.7 Å². The molecule has 4 heteroatoms. The summed E-state index contributed by atoms with van der Waals surface area (Å²) in [6.45, 7) is 0.104. The van der Waals surface area contributed by atoms with Crippen LogP contribution in [0.5, 0.6) is 5.75 Å². The number of aliphatic hydroxyl groups is 1. The second kappa shape index (κ2) is 5.85. The third kappa shape index (κ3) is 3.45. The predicted molar refractivity (Wildman–Crippen MR) is 68.3 cm³/mol. The van der Waals surface area contributed by atoms with E-state index in [1.165, 1.54) is 24.3 Å². The molecule has 0 radical (unpaired) electrons. The number of rotatable bonds is 4. The Morgan fingerprint density at radius 3 is 2.28 bits per heavy atom. The first-order valence-electron chi connectivity index (χ1n) is 5.47. The zero-order chi connectivity index (χ0) is 13.0. The second-order valence-corrected chi connectivity index (χ2v) is 4.27. The fraction of sp³-hybridized carbons (Fsp3) is 0.143. The van der Waals surface area contributed by atoms with Crippen LogP contribution < -0.4 is 4.74 Å². The maximum Gasteiger partial charge on any atom is 0.123 e. The van der Waals surface area contributed by atoms with Crippen molar-refractivity contribution >= 4 is 11.6 Å². The van der Waals surface area contributed by atoms with Gasteiger partial charge in [-0.3, -0.25) is 0 Å². The smallest absolute Gasteiger partial charge is 0.123 e. The van der Waals surface area contributed by atoms with E-state index in [9.17, 15) is 9.50 Å². The number of hydrogen-bond acceptors (Lipinski definition) is 2. The summed E-state index contributed by atoms with van der Waals surface area (Å²) in [7, 11) is 0. The molecule has 0 aliphatic carbocycles. The zero-order valence-electron chi connectivity index (χ0n) is 9.51. The van der Waals surface area contributed by atoms with Gasteiger partial charge in [0.15, 0.2) is 0 Å². The molecular formula is C14H12ClFO2. The van der Waals surface area contributed by atoms with E-state index in [1.54, 1.807) is 24.3 Å². The molecule has 2 aromatic rings. The lowest BCUT2D eigenvalue weighted by Gasteiger charge is -2.12. The highest BCUT2D eigenvalue weighted by Crippen LogP contribution is 2.18. The molecule has 0 saturated heterocycles. The summed E-state index contributed by atoms with van der Waals surface area (Å²) in [6.07, 6.45) is -0.790. The van der Waals surface area contributed by atoms with Crippen LogP contribution in [0.3, 0.4) is 0 Å². The maximum atomic E-state index is 12.7. The molecule has 1 atom stereocenters. The Kier molecular flexibility index (Phi) is 4.18. The molecular weight excluding hydrogens is 255 g/mol. The van der Waals surface area contributed by atoms with Gasteiger partial charge in [-0.2, -0.15) is 0 Å². The van der Waals surface area contributed by atoms with Crippen molar-refractivity contribution in [3.63, 3.8) is 0 Å².